The summed E-state index contributed by atoms with van der Waals surface area (Å²) in [5.41, 5.74) is 1.32. The molecule has 2 aromatic rings. The van der Waals surface area contributed by atoms with Crippen LogP contribution < -0.4 is 15.0 Å². The van der Waals surface area contributed by atoms with Gasteiger partial charge in [0, 0.05) is 31.9 Å². The van der Waals surface area contributed by atoms with E-state index < -0.39 is 22.0 Å². The first kappa shape index (κ1) is 21.5. The van der Waals surface area contributed by atoms with E-state index in [0.717, 1.165) is 4.31 Å². The number of hydrogen-bond acceptors (Lipinski definition) is 5. The van der Waals surface area contributed by atoms with E-state index in [4.69, 9.17) is 4.74 Å². The molecule has 0 saturated carbocycles. The van der Waals surface area contributed by atoms with Crippen molar-refractivity contribution in [3.63, 3.8) is 0 Å². The molecule has 1 N–H and O–H groups in total. The van der Waals surface area contributed by atoms with Crippen molar-refractivity contribution in [1.29, 1.82) is 0 Å². The van der Waals surface area contributed by atoms with Gasteiger partial charge in [-0.15, -0.1) is 6.58 Å². The molecular weight excluding hydrogens is 406 g/mol. The largest absolute Gasteiger partial charge is 0.479 e. The summed E-state index contributed by atoms with van der Waals surface area (Å²) in [5.74, 6) is -0.0563. The van der Waals surface area contributed by atoms with E-state index in [0.29, 0.717) is 29.2 Å². The highest BCUT2D eigenvalue weighted by atomic mass is 32.2. The zero-order chi connectivity index (χ0) is 22.1. The van der Waals surface area contributed by atoms with Crippen LogP contribution >= 0.6 is 0 Å². The van der Waals surface area contributed by atoms with Gasteiger partial charge in [-0.05, 0) is 49.4 Å². The van der Waals surface area contributed by atoms with E-state index in [1.807, 2.05) is 0 Å². The molecule has 0 spiro atoms. The Morgan fingerprint density at radius 3 is 2.50 bits per heavy atom. The van der Waals surface area contributed by atoms with Crippen LogP contribution in [0.4, 0.5) is 11.4 Å². The van der Waals surface area contributed by atoms with Crippen molar-refractivity contribution in [2.75, 3.05) is 30.9 Å². The molecule has 0 bridgehead atoms. The third kappa shape index (κ3) is 4.07. The van der Waals surface area contributed by atoms with Crippen LogP contribution in [0.15, 0.2) is 60.0 Å². The number of anilines is 2. The van der Waals surface area contributed by atoms with Crippen molar-refractivity contribution >= 4 is 33.2 Å². The Bertz CT molecular complexity index is 1090. The van der Waals surface area contributed by atoms with Crippen LogP contribution in [-0.2, 0) is 14.8 Å². The Morgan fingerprint density at radius 2 is 1.90 bits per heavy atom. The summed E-state index contributed by atoms with van der Waals surface area (Å²) in [6.45, 7) is 5.68. The molecule has 1 atom stereocenters. The van der Waals surface area contributed by atoms with Crippen LogP contribution in [0.3, 0.4) is 0 Å². The predicted molar refractivity (Wildman–Crippen MR) is 114 cm³/mol. The van der Waals surface area contributed by atoms with Crippen LogP contribution in [0, 0.1) is 0 Å². The lowest BCUT2D eigenvalue weighted by Gasteiger charge is -2.32. The fraction of sp³-hybridized carbons (Fsp3) is 0.238. The van der Waals surface area contributed by atoms with Crippen LogP contribution in [-0.4, -0.2) is 51.3 Å². The Balaban J connectivity index is 1.83. The summed E-state index contributed by atoms with van der Waals surface area (Å²) >= 11 is 0. The van der Waals surface area contributed by atoms with Crippen molar-refractivity contribution in [3.05, 3.63) is 60.7 Å². The van der Waals surface area contributed by atoms with Crippen LogP contribution in [0.25, 0.3) is 0 Å². The maximum Gasteiger partial charge on any atom is 0.268 e. The van der Waals surface area contributed by atoms with Crippen LogP contribution in [0.1, 0.15) is 17.3 Å². The standard InChI is InChI=1S/C21H23N3O5S/c1-5-12-24-18-13-16(8-11-19(18)29-14(2)21(24)26)22-20(25)15-6-9-17(10-7-15)30(27,28)23(3)4/h5-11,13-14H,1,12H2,2-4H3,(H,22,25). The van der Waals surface area contributed by atoms with Crippen molar-refractivity contribution in [3.8, 4) is 5.75 Å². The summed E-state index contributed by atoms with van der Waals surface area (Å²) in [6.07, 6.45) is 1.02. The van der Waals surface area contributed by atoms with Gasteiger partial charge in [0.05, 0.1) is 10.6 Å². The lowest BCUT2D eigenvalue weighted by atomic mass is 10.1. The number of rotatable bonds is 6. The maximum absolute atomic E-state index is 12.6. The van der Waals surface area contributed by atoms with E-state index in [-0.39, 0.29) is 10.8 Å². The highest BCUT2D eigenvalue weighted by Crippen LogP contribution is 2.36. The second kappa shape index (κ2) is 8.29. The van der Waals surface area contributed by atoms with Gasteiger partial charge in [0.15, 0.2) is 6.10 Å². The first-order valence-corrected chi connectivity index (χ1v) is 10.7. The summed E-state index contributed by atoms with van der Waals surface area (Å²) < 4.78 is 31.0. The molecule has 0 aliphatic carbocycles. The van der Waals surface area contributed by atoms with Gasteiger partial charge >= 0.3 is 0 Å². The van der Waals surface area contributed by atoms with Crippen molar-refractivity contribution in [2.24, 2.45) is 0 Å². The Morgan fingerprint density at radius 1 is 1.23 bits per heavy atom. The number of carbonyl (C=O) groups is 2. The SMILES string of the molecule is C=CCN1C(=O)C(C)Oc2ccc(NC(=O)c3ccc(S(=O)(=O)N(C)C)cc3)cc21. The Kier molecular flexibility index (Phi) is 5.95. The van der Waals surface area contributed by atoms with Crippen molar-refractivity contribution in [1.82, 2.24) is 4.31 Å². The van der Waals surface area contributed by atoms with E-state index in [2.05, 4.69) is 11.9 Å². The van der Waals surface area contributed by atoms with Crippen molar-refractivity contribution in [2.45, 2.75) is 17.9 Å². The molecule has 1 aliphatic rings. The quantitative estimate of drug-likeness (QED) is 0.712. The minimum atomic E-state index is -3.57. The number of benzene rings is 2. The van der Waals surface area contributed by atoms with Gasteiger partial charge in [-0.25, -0.2) is 12.7 Å². The molecule has 0 fully saturated rings. The molecule has 8 nitrogen and oxygen atoms in total. The zero-order valence-electron chi connectivity index (χ0n) is 17.0. The third-order valence-electron chi connectivity index (χ3n) is 4.63. The molecule has 1 heterocycles. The first-order valence-electron chi connectivity index (χ1n) is 9.22. The fourth-order valence-electron chi connectivity index (χ4n) is 2.99. The van der Waals surface area contributed by atoms with Gasteiger partial charge < -0.3 is 15.0 Å². The lowest BCUT2D eigenvalue weighted by Crippen LogP contribution is -2.44. The third-order valence-corrected chi connectivity index (χ3v) is 6.46. The number of amides is 2. The molecule has 2 amide bonds. The fourth-order valence-corrected chi connectivity index (χ4v) is 3.90. The number of hydrogen-bond donors (Lipinski definition) is 1. The molecular formula is C21H23N3O5S. The van der Waals surface area contributed by atoms with E-state index >= 15 is 0 Å². The first-order chi connectivity index (χ1) is 14.1. The number of fused-ring (bicyclic) bond motifs is 1. The number of carbonyl (C=O) groups excluding carboxylic acids is 2. The van der Waals surface area contributed by atoms with Crippen molar-refractivity contribution < 1.29 is 22.7 Å². The normalized spacial score (nSPS) is 16.1. The molecule has 2 aromatic carbocycles. The summed E-state index contributed by atoms with van der Waals surface area (Å²) in [6, 6.07) is 10.7. The highest BCUT2D eigenvalue weighted by molar-refractivity contribution is 7.89. The van der Waals surface area contributed by atoms with E-state index in [1.54, 1.807) is 36.1 Å². The van der Waals surface area contributed by atoms with Gasteiger partial charge in [-0.1, -0.05) is 6.08 Å². The summed E-state index contributed by atoms with van der Waals surface area (Å²) in [7, 11) is -0.685. The van der Waals surface area contributed by atoms with Gasteiger partial charge in [-0.3, -0.25) is 9.59 Å². The second-order valence-corrected chi connectivity index (χ2v) is 9.10. The van der Waals surface area contributed by atoms with Gasteiger partial charge in [0.2, 0.25) is 10.0 Å². The number of ether oxygens (including phenoxy) is 1. The zero-order valence-corrected chi connectivity index (χ0v) is 17.8. The molecule has 30 heavy (non-hydrogen) atoms. The lowest BCUT2D eigenvalue weighted by molar-refractivity contribution is -0.125. The number of nitrogens with zero attached hydrogens (tertiary/aromatic N) is 2. The topological polar surface area (TPSA) is 96.0 Å². The van der Waals surface area contributed by atoms with Crippen LogP contribution in [0.2, 0.25) is 0 Å². The molecule has 0 radical (unpaired) electrons. The molecule has 0 saturated heterocycles. The highest BCUT2D eigenvalue weighted by Gasteiger charge is 2.31. The summed E-state index contributed by atoms with van der Waals surface area (Å²) in [4.78, 5) is 26.7. The second-order valence-electron chi connectivity index (χ2n) is 6.95. The average Bonchev–Trinajstić information content (AvgIpc) is 2.71. The van der Waals surface area contributed by atoms with E-state index in [9.17, 15) is 18.0 Å². The average molecular weight is 429 g/mol. The maximum atomic E-state index is 12.6. The summed E-state index contributed by atoms with van der Waals surface area (Å²) in [5, 5.41) is 2.76. The predicted octanol–water partition coefficient (Wildman–Crippen LogP) is 2.49. The van der Waals surface area contributed by atoms with Gasteiger partial charge in [-0.2, -0.15) is 0 Å². The smallest absolute Gasteiger partial charge is 0.268 e. The molecule has 1 aliphatic heterocycles. The number of sulfonamides is 1. The monoisotopic (exact) mass is 429 g/mol. The Labute approximate surface area is 175 Å². The van der Waals surface area contributed by atoms with Gasteiger partial charge in [0.1, 0.15) is 5.75 Å². The molecule has 3 rings (SSSR count). The van der Waals surface area contributed by atoms with Gasteiger partial charge in [0.25, 0.3) is 11.8 Å². The minimum Gasteiger partial charge on any atom is -0.479 e. The molecule has 1 unspecified atom stereocenters. The minimum absolute atomic E-state index is 0.0997. The van der Waals surface area contributed by atoms with E-state index in [1.165, 1.54) is 38.4 Å². The van der Waals surface area contributed by atoms with Crippen LogP contribution in [0.5, 0.6) is 5.75 Å². The Hall–Kier alpha value is -3.17. The number of nitrogens with one attached hydrogen (secondary N) is 1. The molecule has 158 valence electrons. The molecule has 9 heteroatoms. The molecule has 0 aromatic heterocycles.